The molecule has 0 aromatic heterocycles. The first kappa shape index (κ1) is 56.1. The van der Waals surface area contributed by atoms with E-state index in [1.165, 1.54) is 128 Å². The molecule has 6 nitrogen and oxygen atoms in total. The molecule has 340 valence electrons. The molecule has 0 saturated heterocycles. The molecule has 0 N–H and O–H groups in total. The third-order valence-corrected chi connectivity index (χ3v) is 10.5. The fourth-order valence-electron chi connectivity index (χ4n) is 6.78. The number of hydrogen-bond acceptors (Lipinski definition) is 6. The van der Waals surface area contributed by atoms with Crippen LogP contribution < -0.4 is 0 Å². The summed E-state index contributed by atoms with van der Waals surface area (Å²) in [5.74, 6) is -0.979. The molecule has 0 spiro atoms. The van der Waals surface area contributed by atoms with Crippen molar-refractivity contribution in [1.29, 1.82) is 0 Å². The Labute approximate surface area is 364 Å². The molecule has 0 unspecified atom stereocenters. The van der Waals surface area contributed by atoms with Gasteiger partial charge in [0.2, 0.25) is 0 Å². The average molecular weight is 825 g/mol. The van der Waals surface area contributed by atoms with Crippen LogP contribution in [0.2, 0.25) is 0 Å². The van der Waals surface area contributed by atoms with Gasteiger partial charge in [-0.25, -0.2) is 0 Å². The van der Waals surface area contributed by atoms with Crippen molar-refractivity contribution in [3.05, 3.63) is 60.8 Å². The van der Waals surface area contributed by atoms with Crippen molar-refractivity contribution in [2.75, 3.05) is 13.2 Å². The Bertz CT molecular complexity index is 1090. The van der Waals surface area contributed by atoms with Crippen molar-refractivity contribution in [3.8, 4) is 0 Å². The molecule has 0 aliphatic rings. The van der Waals surface area contributed by atoms with E-state index in [1.807, 2.05) is 6.08 Å². The molecule has 0 bridgehead atoms. The normalized spacial score (nSPS) is 12.5. The summed E-state index contributed by atoms with van der Waals surface area (Å²) in [6, 6.07) is 0. The van der Waals surface area contributed by atoms with Gasteiger partial charge in [-0.2, -0.15) is 0 Å². The maximum atomic E-state index is 12.7. The summed E-state index contributed by atoms with van der Waals surface area (Å²) < 4.78 is 16.7. The molecule has 0 aromatic carbocycles. The molecule has 0 rings (SSSR count). The molecule has 0 saturated carbocycles. The number of esters is 3. The maximum Gasteiger partial charge on any atom is 0.306 e. The monoisotopic (exact) mass is 825 g/mol. The Morgan fingerprint density at radius 1 is 0.339 bits per heavy atom. The van der Waals surface area contributed by atoms with E-state index < -0.39 is 6.10 Å². The molecule has 6 heteroatoms. The SMILES string of the molecule is CCCCC/C=C\C/C=C\C/C=C\C/C=C\C/C=C\CCC(=O)OC[C@H](COC(=O)CCCCCCCCCCCCC)OC(=O)CCCCCCCCCCCCC. The van der Waals surface area contributed by atoms with Gasteiger partial charge in [0.25, 0.3) is 0 Å². The lowest BCUT2D eigenvalue weighted by Crippen LogP contribution is -2.30. The van der Waals surface area contributed by atoms with Crippen LogP contribution >= 0.6 is 0 Å². The minimum absolute atomic E-state index is 0.0941. The van der Waals surface area contributed by atoms with Crippen LogP contribution in [0.15, 0.2) is 60.8 Å². The molecular weight excluding hydrogens is 733 g/mol. The number of unbranched alkanes of at least 4 members (excludes halogenated alkanes) is 23. The van der Waals surface area contributed by atoms with Crippen LogP contribution in [0.4, 0.5) is 0 Å². The molecule has 0 aliphatic carbocycles. The van der Waals surface area contributed by atoms with Gasteiger partial charge in [-0.3, -0.25) is 14.4 Å². The summed E-state index contributed by atoms with van der Waals surface area (Å²) in [7, 11) is 0. The van der Waals surface area contributed by atoms with E-state index in [1.54, 1.807) is 0 Å². The van der Waals surface area contributed by atoms with Crippen molar-refractivity contribution in [2.24, 2.45) is 0 Å². The first-order chi connectivity index (χ1) is 29.0. The van der Waals surface area contributed by atoms with E-state index in [0.717, 1.165) is 64.2 Å². The summed E-state index contributed by atoms with van der Waals surface area (Å²) in [6.45, 7) is 6.53. The summed E-state index contributed by atoms with van der Waals surface area (Å²) >= 11 is 0. The Balaban J connectivity index is 4.45. The highest BCUT2D eigenvalue weighted by molar-refractivity contribution is 5.71. The summed E-state index contributed by atoms with van der Waals surface area (Å²) in [4.78, 5) is 37.8. The summed E-state index contributed by atoms with van der Waals surface area (Å²) in [5, 5.41) is 0. The zero-order valence-electron chi connectivity index (χ0n) is 38.8. The van der Waals surface area contributed by atoms with Gasteiger partial charge in [-0.1, -0.05) is 223 Å². The van der Waals surface area contributed by atoms with Gasteiger partial charge in [-0.15, -0.1) is 0 Å². The molecule has 59 heavy (non-hydrogen) atoms. The first-order valence-corrected chi connectivity index (χ1v) is 24.8. The molecule has 0 fully saturated rings. The number of carbonyl (C=O) groups excluding carboxylic acids is 3. The van der Waals surface area contributed by atoms with E-state index in [9.17, 15) is 14.4 Å². The van der Waals surface area contributed by atoms with Crippen LogP contribution in [0.5, 0.6) is 0 Å². The van der Waals surface area contributed by atoms with Gasteiger partial charge in [0.1, 0.15) is 13.2 Å². The number of ether oxygens (including phenoxy) is 3. The fraction of sp³-hybridized carbons (Fsp3) is 0.755. The zero-order chi connectivity index (χ0) is 43.0. The van der Waals surface area contributed by atoms with Crippen molar-refractivity contribution >= 4 is 17.9 Å². The first-order valence-electron chi connectivity index (χ1n) is 24.8. The van der Waals surface area contributed by atoms with E-state index in [-0.39, 0.29) is 37.5 Å². The third kappa shape index (κ3) is 46.0. The predicted octanol–water partition coefficient (Wildman–Crippen LogP) is 16.1. The fourth-order valence-corrected chi connectivity index (χ4v) is 6.78. The minimum atomic E-state index is -0.798. The Morgan fingerprint density at radius 2 is 0.644 bits per heavy atom. The Kier molecular flexibility index (Phi) is 45.4. The molecule has 0 heterocycles. The van der Waals surface area contributed by atoms with Crippen LogP contribution in [0, 0.1) is 0 Å². The van der Waals surface area contributed by atoms with E-state index >= 15 is 0 Å². The second kappa shape index (κ2) is 47.8. The van der Waals surface area contributed by atoms with Gasteiger partial charge in [0, 0.05) is 19.3 Å². The van der Waals surface area contributed by atoms with E-state index in [4.69, 9.17) is 14.2 Å². The van der Waals surface area contributed by atoms with Crippen molar-refractivity contribution in [2.45, 2.75) is 245 Å². The number of rotatable bonds is 44. The Morgan fingerprint density at radius 3 is 1.05 bits per heavy atom. The van der Waals surface area contributed by atoms with E-state index in [0.29, 0.717) is 19.3 Å². The zero-order valence-corrected chi connectivity index (χ0v) is 38.8. The highest BCUT2D eigenvalue weighted by atomic mass is 16.6. The maximum absolute atomic E-state index is 12.7. The van der Waals surface area contributed by atoms with Gasteiger partial charge >= 0.3 is 17.9 Å². The van der Waals surface area contributed by atoms with Crippen molar-refractivity contribution in [1.82, 2.24) is 0 Å². The van der Waals surface area contributed by atoms with Crippen molar-refractivity contribution in [3.63, 3.8) is 0 Å². The van der Waals surface area contributed by atoms with Crippen LogP contribution in [0.1, 0.15) is 239 Å². The largest absolute Gasteiger partial charge is 0.462 e. The molecule has 0 radical (unpaired) electrons. The van der Waals surface area contributed by atoms with Crippen LogP contribution in [0.25, 0.3) is 0 Å². The smallest absolute Gasteiger partial charge is 0.306 e. The minimum Gasteiger partial charge on any atom is -0.462 e. The lowest BCUT2D eigenvalue weighted by atomic mass is 10.1. The van der Waals surface area contributed by atoms with E-state index in [2.05, 4.69) is 75.5 Å². The molecule has 1 atom stereocenters. The summed E-state index contributed by atoms with van der Waals surface area (Å²) in [5.41, 5.74) is 0. The second-order valence-electron chi connectivity index (χ2n) is 16.4. The molecule has 0 aromatic rings. The van der Waals surface area contributed by atoms with Gasteiger partial charge < -0.3 is 14.2 Å². The molecular formula is C53H92O6. The standard InChI is InChI=1S/C53H92O6/c1-4-7-10-13-16-19-22-23-24-25-26-27-28-29-32-34-37-40-43-46-52(55)58-49-50(59-53(56)47-44-41-38-35-31-21-18-15-12-9-6-3)48-57-51(54)45-42-39-36-33-30-20-17-14-11-8-5-2/h16,19,23-24,26-27,29,32,37,40,50H,4-15,17-18,20-22,25,28,30-31,33-36,38-39,41-49H2,1-3H3/b19-16-,24-23-,27-26-,32-29-,40-37-/t50-/m0/s1. The number of allylic oxidation sites excluding steroid dienone is 10. The van der Waals surface area contributed by atoms with Crippen LogP contribution in [-0.4, -0.2) is 37.2 Å². The molecule has 0 aliphatic heterocycles. The quantitative estimate of drug-likeness (QED) is 0.0263. The topological polar surface area (TPSA) is 78.9 Å². The highest BCUT2D eigenvalue weighted by Gasteiger charge is 2.19. The molecule has 0 amide bonds. The van der Waals surface area contributed by atoms with Gasteiger partial charge in [0.15, 0.2) is 6.10 Å². The second-order valence-corrected chi connectivity index (χ2v) is 16.4. The number of hydrogen-bond donors (Lipinski definition) is 0. The van der Waals surface area contributed by atoms with Crippen molar-refractivity contribution < 1.29 is 28.6 Å². The predicted molar refractivity (Wildman–Crippen MR) is 251 cm³/mol. The van der Waals surface area contributed by atoms with Gasteiger partial charge in [-0.05, 0) is 57.8 Å². The lowest BCUT2D eigenvalue weighted by molar-refractivity contribution is -0.166. The van der Waals surface area contributed by atoms with Crippen LogP contribution in [-0.2, 0) is 28.6 Å². The number of carbonyl (C=O) groups is 3. The lowest BCUT2D eigenvalue weighted by Gasteiger charge is -2.18. The Hall–Kier alpha value is -2.89. The highest BCUT2D eigenvalue weighted by Crippen LogP contribution is 2.14. The van der Waals surface area contributed by atoms with Gasteiger partial charge in [0.05, 0.1) is 0 Å². The van der Waals surface area contributed by atoms with Crippen LogP contribution in [0.3, 0.4) is 0 Å². The average Bonchev–Trinajstić information content (AvgIpc) is 3.23. The summed E-state index contributed by atoms with van der Waals surface area (Å²) in [6.07, 6.45) is 57.8. The third-order valence-electron chi connectivity index (χ3n) is 10.5.